The molecule has 3 aromatic rings. The molecule has 0 saturated heterocycles. The minimum absolute atomic E-state index is 0.0368. The lowest BCUT2D eigenvalue weighted by Crippen LogP contribution is -2.19. The van der Waals surface area contributed by atoms with Gasteiger partial charge in [-0.3, -0.25) is 4.79 Å². The van der Waals surface area contributed by atoms with Gasteiger partial charge in [-0.05, 0) is 16.8 Å². The number of fused-ring (bicyclic) bond motifs is 3. The van der Waals surface area contributed by atoms with E-state index in [9.17, 15) is 18.0 Å². The van der Waals surface area contributed by atoms with Crippen molar-refractivity contribution in [2.75, 3.05) is 0 Å². The van der Waals surface area contributed by atoms with Gasteiger partial charge in [0.05, 0.1) is 10.9 Å². The molecule has 19 heavy (non-hydrogen) atoms. The van der Waals surface area contributed by atoms with Gasteiger partial charge in [-0.15, -0.1) is 0 Å². The first kappa shape index (κ1) is 11.7. The summed E-state index contributed by atoms with van der Waals surface area (Å²) in [6, 6.07) is 10.0. The topological polar surface area (TPSA) is 45.8 Å². The summed E-state index contributed by atoms with van der Waals surface area (Å²) in [5.41, 5.74) is -0.746. The van der Waals surface area contributed by atoms with Crippen molar-refractivity contribution in [2.24, 2.45) is 0 Å². The first-order valence-corrected chi connectivity index (χ1v) is 5.46. The van der Waals surface area contributed by atoms with E-state index in [1.165, 1.54) is 6.07 Å². The van der Waals surface area contributed by atoms with Crippen LogP contribution < -0.4 is 5.56 Å². The monoisotopic (exact) mass is 264 g/mol. The summed E-state index contributed by atoms with van der Waals surface area (Å²) in [5, 5.41) is 1.54. The van der Waals surface area contributed by atoms with Crippen LogP contribution in [0.2, 0.25) is 0 Å². The van der Waals surface area contributed by atoms with Gasteiger partial charge >= 0.3 is 6.18 Å². The fraction of sp³-hybridized carbons (Fsp3) is 0.0769. The second-order valence-corrected chi connectivity index (χ2v) is 4.09. The smallest absolute Gasteiger partial charge is 0.302 e. The van der Waals surface area contributed by atoms with Crippen LogP contribution in [0.3, 0.4) is 0 Å². The van der Waals surface area contributed by atoms with E-state index in [2.05, 4.69) is 4.98 Å². The van der Waals surface area contributed by atoms with E-state index in [1.807, 2.05) is 0 Å². The summed E-state index contributed by atoms with van der Waals surface area (Å²) in [7, 11) is 0. The Morgan fingerprint density at radius 3 is 2.53 bits per heavy atom. The molecule has 0 amide bonds. The van der Waals surface area contributed by atoms with Crippen molar-refractivity contribution in [3.05, 3.63) is 52.6 Å². The van der Waals surface area contributed by atoms with Crippen molar-refractivity contribution < 1.29 is 13.2 Å². The molecule has 0 saturated carbocycles. The maximum absolute atomic E-state index is 12.6. The van der Waals surface area contributed by atoms with Crippen molar-refractivity contribution in [3.8, 4) is 0 Å². The molecule has 0 aliphatic rings. The predicted molar refractivity (Wildman–Crippen MR) is 64.9 cm³/mol. The molecular formula is C13H7F3N2O. The zero-order chi connectivity index (χ0) is 13.6. The van der Waals surface area contributed by atoms with Gasteiger partial charge in [-0.25, -0.2) is 4.98 Å². The summed E-state index contributed by atoms with van der Waals surface area (Å²) < 4.78 is 37.7. The van der Waals surface area contributed by atoms with E-state index >= 15 is 0 Å². The highest BCUT2D eigenvalue weighted by atomic mass is 19.4. The standard InChI is InChI=1S/C13H7F3N2O/c14-13(15,16)12-17-9-6-5-7-3-1-2-4-8(7)10(9)11(19)18-12/h1-6H,(H,17,18,19). The molecule has 3 rings (SSSR count). The Morgan fingerprint density at radius 1 is 1.05 bits per heavy atom. The van der Waals surface area contributed by atoms with Crippen molar-refractivity contribution in [1.82, 2.24) is 9.97 Å². The van der Waals surface area contributed by atoms with Gasteiger partial charge in [0.25, 0.3) is 5.56 Å². The highest BCUT2D eigenvalue weighted by Crippen LogP contribution is 2.27. The molecule has 1 N–H and O–H groups in total. The Kier molecular flexibility index (Phi) is 2.35. The van der Waals surface area contributed by atoms with Gasteiger partial charge in [0, 0.05) is 0 Å². The average molecular weight is 264 g/mol. The van der Waals surface area contributed by atoms with Crippen LogP contribution in [0.5, 0.6) is 0 Å². The maximum Gasteiger partial charge on any atom is 0.449 e. The zero-order valence-electron chi connectivity index (χ0n) is 9.45. The Labute approximate surface area is 104 Å². The second kappa shape index (κ2) is 3.81. The van der Waals surface area contributed by atoms with Gasteiger partial charge in [-0.2, -0.15) is 13.2 Å². The van der Waals surface area contributed by atoms with E-state index in [1.54, 1.807) is 35.3 Å². The van der Waals surface area contributed by atoms with Gasteiger partial charge < -0.3 is 4.98 Å². The third kappa shape index (κ3) is 1.85. The number of alkyl halides is 3. The SMILES string of the molecule is O=c1[nH]c(C(F)(F)F)nc2ccc3ccccc3c12. The quantitative estimate of drug-likeness (QED) is 0.634. The van der Waals surface area contributed by atoms with E-state index in [-0.39, 0.29) is 10.9 Å². The first-order valence-electron chi connectivity index (χ1n) is 5.46. The van der Waals surface area contributed by atoms with Gasteiger partial charge in [0.1, 0.15) is 0 Å². The van der Waals surface area contributed by atoms with Crippen LogP contribution in [0.25, 0.3) is 21.7 Å². The van der Waals surface area contributed by atoms with Crippen LogP contribution in [0.15, 0.2) is 41.2 Å². The molecule has 3 nitrogen and oxygen atoms in total. The third-order valence-corrected chi connectivity index (χ3v) is 2.87. The minimum atomic E-state index is -4.67. The molecule has 0 bridgehead atoms. The van der Waals surface area contributed by atoms with Crippen LogP contribution in [0.1, 0.15) is 5.82 Å². The molecule has 1 heterocycles. The fourth-order valence-corrected chi connectivity index (χ4v) is 2.04. The molecule has 0 fully saturated rings. The number of aromatic nitrogens is 2. The Hall–Kier alpha value is -2.37. The molecular weight excluding hydrogens is 257 g/mol. The largest absolute Gasteiger partial charge is 0.449 e. The lowest BCUT2D eigenvalue weighted by molar-refractivity contribution is -0.144. The summed E-state index contributed by atoms with van der Waals surface area (Å²) >= 11 is 0. The van der Waals surface area contributed by atoms with Crippen LogP contribution in [0, 0.1) is 0 Å². The third-order valence-electron chi connectivity index (χ3n) is 2.87. The molecule has 0 aliphatic carbocycles. The summed E-state index contributed by atoms with van der Waals surface area (Å²) in [4.78, 5) is 17.1. The normalized spacial score (nSPS) is 12.2. The number of nitrogens with zero attached hydrogens (tertiary/aromatic N) is 1. The van der Waals surface area contributed by atoms with Crippen molar-refractivity contribution in [2.45, 2.75) is 6.18 Å². The Morgan fingerprint density at radius 2 is 1.79 bits per heavy atom. The fourth-order valence-electron chi connectivity index (χ4n) is 2.04. The zero-order valence-corrected chi connectivity index (χ0v) is 9.45. The van der Waals surface area contributed by atoms with E-state index in [0.29, 0.717) is 5.39 Å². The van der Waals surface area contributed by atoms with Crippen molar-refractivity contribution in [1.29, 1.82) is 0 Å². The minimum Gasteiger partial charge on any atom is -0.302 e. The van der Waals surface area contributed by atoms with Crippen LogP contribution in [-0.2, 0) is 6.18 Å². The number of H-pyrrole nitrogens is 1. The molecule has 0 aliphatic heterocycles. The molecule has 0 atom stereocenters. The summed E-state index contributed by atoms with van der Waals surface area (Å²) in [6.45, 7) is 0. The van der Waals surface area contributed by atoms with E-state index in [4.69, 9.17) is 0 Å². The van der Waals surface area contributed by atoms with Crippen LogP contribution in [-0.4, -0.2) is 9.97 Å². The second-order valence-electron chi connectivity index (χ2n) is 4.09. The van der Waals surface area contributed by atoms with Crippen LogP contribution >= 0.6 is 0 Å². The summed E-state index contributed by atoms with van der Waals surface area (Å²) in [6.07, 6.45) is -4.67. The number of rotatable bonds is 0. The predicted octanol–water partition coefficient (Wildman–Crippen LogP) is 3.10. The molecule has 0 unspecified atom stereocenters. The number of hydrogen-bond donors (Lipinski definition) is 1. The number of aromatic amines is 1. The lowest BCUT2D eigenvalue weighted by Gasteiger charge is -2.07. The van der Waals surface area contributed by atoms with Crippen LogP contribution in [0.4, 0.5) is 13.2 Å². The number of benzene rings is 2. The molecule has 0 radical (unpaired) electrons. The highest BCUT2D eigenvalue weighted by Gasteiger charge is 2.34. The lowest BCUT2D eigenvalue weighted by atomic mass is 10.1. The van der Waals surface area contributed by atoms with E-state index in [0.717, 1.165) is 5.39 Å². The first-order chi connectivity index (χ1) is 8.97. The van der Waals surface area contributed by atoms with Crippen molar-refractivity contribution in [3.63, 3.8) is 0 Å². The van der Waals surface area contributed by atoms with Gasteiger partial charge in [0.2, 0.25) is 5.82 Å². The Bertz CT molecular complexity index is 837. The average Bonchev–Trinajstić information content (AvgIpc) is 2.37. The molecule has 0 spiro atoms. The number of nitrogens with one attached hydrogen (secondary N) is 1. The number of hydrogen-bond acceptors (Lipinski definition) is 2. The van der Waals surface area contributed by atoms with Gasteiger partial charge in [-0.1, -0.05) is 30.3 Å². The molecule has 2 aromatic carbocycles. The molecule has 6 heteroatoms. The maximum atomic E-state index is 12.6. The number of halogens is 3. The molecule has 1 aromatic heterocycles. The Balaban J connectivity index is 2.47. The summed E-state index contributed by atoms with van der Waals surface area (Å²) in [5.74, 6) is -1.28. The van der Waals surface area contributed by atoms with Crippen molar-refractivity contribution >= 4 is 21.7 Å². The van der Waals surface area contributed by atoms with Gasteiger partial charge in [0.15, 0.2) is 0 Å². The van der Waals surface area contributed by atoms with E-state index < -0.39 is 17.6 Å². The molecule has 96 valence electrons. The highest BCUT2D eigenvalue weighted by molar-refractivity contribution is 6.05.